The van der Waals surface area contributed by atoms with Crippen LogP contribution in [0.15, 0.2) is 23.2 Å². The molecule has 1 saturated heterocycles. The Hall–Kier alpha value is -1.71. The Labute approximate surface area is 203 Å². The van der Waals surface area contributed by atoms with Crippen LogP contribution in [-0.2, 0) is 11.2 Å². The predicted octanol–water partition coefficient (Wildman–Crippen LogP) is 3.30. The second-order valence-corrected chi connectivity index (χ2v) is 8.25. The number of phenols is 1. The van der Waals surface area contributed by atoms with Gasteiger partial charge >= 0.3 is 0 Å². The molecule has 3 rings (SSSR count). The Bertz CT molecular complexity index is 738. The largest absolute Gasteiger partial charge is 0.508 e. The number of phenolic OH excluding ortho intramolecular Hbond substituents is 1. The number of guanidine groups is 1. The monoisotopic (exact) mass is 544 g/mol. The van der Waals surface area contributed by atoms with E-state index in [1.165, 1.54) is 19.3 Å². The van der Waals surface area contributed by atoms with Gasteiger partial charge in [0.1, 0.15) is 11.5 Å². The maximum atomic E-state index is 12.8. The first-order chi connectivity index (χ1) is 14.6. The number of ether oxygens (including phenoxy) is 1. The Kier molecular flexibility index (Phi) is 10.7. The molecule has 0 aromatic heterocycles. The Morgan fingerprint density at radius 2 is 2.03 bits per heavy atom. The molecular weight excluding hydrogens is 507 g/mol. The van der Waals surface area contributed by atoms with E-state index >= 15 is 0 Å². The molecule has 1 saturated carbocycles. The van der Waals surface area contributed by atoms with E-state index in [9.17, 15) is 9.90 Å². The van der Waals surface area contributed by atoms with Crippen molar-refractivity contribution in [3.63, 3.8) is 0 Å². The smallest absolute Gasteiger partial charge is 0.225 e. The quantitative estimate of drug-likeness (QED) is 0.279. The summed E-state index contributed by atoms with van der Waals surface area (Å²) in [5.41, 5.74) is 0.848. The van der Waals surface area contributed by atoms with Crippen LogP contribution < -0.4 is 15.4 Å². The minimum absolute atomic E-state index is 0. The molecule has 1 aliphatic heterocycles. The van der Waals surface area contributed by atoms with Crippen LogP contribution in [0.2, 0.25) is 0 Å². The third-order valence-corrected chi connectivity index (χ3v) is 6.08. The van der Waals surface area contributed by atoms with Crippen molar-refractivity contribution < 1.29 is 14.6 Å². The van der Waals surface area contributed by atoms with Gasteiger partial charge in [0.25, 0.3) is 0 Å². The first-order valence-corrected chi connectivity index (χ1v) is 11.3. The second kappa shape index (κ2) is 13.0. The molecule has 1 aromatic rings. The summed E-state index contributed by atoms with van der Waals surface area (Å²) in [6, 6.07) is 5.57. The van der Waals surface area contributed by atoms with Crippen LogP contribution in [-0.4, -0.2) is 61.2 Å². The molecule has 1 aromatic carbocycles. The number of aromatic hydroxyl groups is 1. The molecule has 1 aliphatic carbocycles. The normalized spacial score (nSPS) is 19.6. The van der Waals surface area contributed by atoms with E-state index in [2.05, 4.69) is 15.6 Å². The van der Waals surface area contributed by atoms with E-state index in [0.717, 1.165) is 50.4 Å². The fourth-order valence-electron chi connectivity index (χ4n) is 4.37. The molecule has 0 spiro atoms. The van der Waals surface area contributed by atoms with Gasteiger partial charge < -0.3 is 25.4 Å². The molecule has 8 heteroatoms. The van der Waals surface area contributed by atoms with Gasteiger partial charge in [-0.2, -0.15) is 0 Å². The van der Waals surface area contributed by atoms with Crippen molar-refractivity contribution in [2.45, 2.75) is 57.9 Å². The summed E-state index contributed by atoms with van der Waals surface area (Å²) in [7, 11) is 1.58. The lowest BCUT2D eigenvalue weighted by Crippen LogP contribution is -2.45. The Balaban J connectivity index is 0.00000341. The van der Waals surface area contributed by atoms with Gasteiger partial charge in [0.2, 0.25) is 5.91 Å². The number of likely N-dealkylation sites (tertiary alicyclic amines) is 1. The molecule has 1 atom stereocenters. The highest BCUT2D eigenvalue weighted by molar-refractivity contribution is 14.0. The van der Waals surface area contributed by atoms with Gasteiger partial charge in [0.05, 0.1) is 7.11 Å². The fraction of sp³-hybridized carbons (Fsp3) is 0.652. The van der Waals surface area contributed by atoms with Gasteiger partial charge in [0, 0.05) is 44.2 Å². The van der Waals surface area contributed by atoms with Crippen molar-refractivity contribution in [1.82, 2.24) is 15.5 Å². The van der Waals surface area contributed by atoms with Crippen LogP contribution in [0.3, 0.4) is 0 Å². The SMILES string of the molecule is CCNC(=NCCc1ccc(OC)cc1O)NC1CCN(C(=O)C2CCCCC2)C1.I. The summed E-state index contributed by atoms with van der Waals surface area (Å²) >= 11 is 0. The number of hydrogen-bond donors (Lipinski definition) is 3. The number of benzene rings is 1. The minimum Gasteiger partial charge on any atom is -0.508 e. The molecule has 2 fully saturated rings. The number of amides is 1. The van der Waals surface area contributed by atoms with E-state index < -0.39 is 0 Å². The number of aliphatic imine (C=N–C) groups is 1. The summed E-state index contributed by atoms with van der Waals surface area (Å²) in [5, 5.41) is 16.9. The molecule has 2 aliphatic rings. The van der Waals surface area contributed by atoms with Crippen molar-refractivity contribution in [1.29, 1.82) is 0 Å². The molecule has 1 heterocycles. The lowest BCUT2D eigenvalue weighted by atomic mass is 9.88. The molecule has 7 nitrogen and oxygen atoms in total. The van der Waals surface area contributed by atoms with Gasteiger partial charge in [-0.15, -0.1) is 24.0 Å². The summed E-state index contributed by atoms with van der Waals surface area (Å²) in [4.78, 5) is 19.5. The zero-order valence-electron chi connectivity index (χ0n) is 18.7. The summed E-state index contributed by atoms with van der Waals surface area (Å²) in [6.45, 7) is 4.95. The first-order valence-electron chi connectivity index (χ1n) is 11.3. The molecular formula is C23H37IN4O3. The Morgan fingerprint density at radius 1 is 1.26 bits per heavy atom. The number of hydrogen-bond acceptors (Lipinski definition) is 4. The second-order valence-electron chi connectivity index (χ2n) is 8.25. The van der Waals surface area contributed by atoms with Crippen LogP contribution in [0.25, 0.3) is 0 Å². The number of carbonyl (C=O) groups excluding carboxylic acids is 1. The van der Waals surface area contributed by atoms with Crippen molar-refractivity contribution in [3.8, 4) is 11.5 Å². The standard InChI is InChI=1S/C23H36N4O3.HI/c1-3-24-23(25-13-11-17-9-10-20(30-2)15-21(17)28)26-19-12-14-27(16-19)22(29)18-7-5-4-6-8-18;/h9-10,15,18-19,28H,3-8,11-14,16H2,1-2H3,(H2,24,25,26);1H. The summed E-state index contributed by atoms with van der Waals surface area (Å²) in [6.07, 6.45) is 7.33. The van der Waals surface area contributed by atoms with E-state index in [4.69, 9.17) is 4.74 Å². The van der Waals surface area contributed by atoms with Gasteiger partial charge in [-0.25, -0.2) is 0 Å². The number of nitrogens with one attached hydrogen (secondary N) is 2. The zero-order valence-corrected chi connectivity index (χ0v) is 21.1. The van der Waals surface area contributed by atoms with E-state index in [1.807, 2.05) is 24.0 Å². The lowest BCUT2D eigenvalue weighted by molar-refractivity contribution is -0.135. The number of halogens is 1. The molecule has 31 heavy (non-hydrogen) atoms. The first kappa shape index (κ1) is 25.5. The number of methoxy groups -OCH3 is 1. The van der Waals surface area contributed by atoms with E-state index in [-0.39, 0.29) is 41.7 Å². The Morgan fingerprint density at radius 3 is 2.71 bits per heavy atom. The van der Waals surface area contributed by atoms with Gasteiger partial charge in [0.15, 0.2) is 5.96 Å². The van der Waals surface area contributed by atoms with Crippen molar-refractivity contribution >= 4 is 35.8 Å². The van der Waals surface area contributed by atoms with Crippen LogP contribution in [0, 0.1) is 5.92 Å². The van der Waals surface area contributed by atoms with Gasteiger partial charge in [-0.1, -0.05) is 25.3 Å². The average molecular weight is 544 g/mol. The highest BCUT2D eigenvalue weighted by Crippen LogP contribution is 2.27. The molecule has 3 N–H and O–H groups in total. The fourth-order valence-corrected chi connectivity index (χ4v) is 4.37. The maximum absolute atomic E-state index is 12.8. The highest BCUT2D eigenvalue weighted by atomic mass is 127. The summed E-state index contributed by atoms with van der Waals surface area (Å²) in [5.74, 6) is 2.22. The van der Waals surface area contributed by atoms with Crippen molar-refractivity contribution in [2.75, 3.05) is 33.3 Å². The zero-order chi connectivity index (χ0) is 21.3. The summed E-state index contributed by atoms with van der Waals surface area (Å²) < 4.78 is 5.13. The molecule has 1 unspecified atom stereocenters. The predicted molar refractivity (Wildman–Crippen MR) is 134 cm³/mol. The molecule has 174 valence electrons. The van der Waals surface area contributed by atoms with Crippen LogP contribution in [0.5, 0.6) is 11.5 Å². The van der Waals surface area contributed by atoms with E-state index in [1.54, 1.807) is 13.2 Å². The molecule has 1 amide bonds. The highest BCUT2D eigenvalue weighted by Gasteiger charge is 2.31. The number of nitrogens with zero attached hydrogens (tertiary/aromatic N) is 2. The van der Waals surface area contributed by atoms with Crippen LogP contribution in [0.4, 0.5) is 0 Å². The number of rotatable bonds is 7. The number of carbonyl (C=O) groups is 1. The topological polar surface area (TPSA) is 86.2 Å². The third kappa shape index (κ3) is 7.43. The maximum Gasteiger partial charge on any atom is 0.225 e. The molecule has 0 radical (unpaired) electrons. The van der Waals surface area contributed by atoms with Crippen LogP contribution in [0.1, 0.15) is 51.0 Å². The van der Waals surface area contributed by atoms with Crippen LogP contribution >= 0.6 is 24.0 Å². The average Bonchev–Trinajstić information content (AvgIpc) is 3.23. The van der Waals surface area contributed by atoms with E-state index in [0.29, 0.717) is 24.6 Å². The van der Waals surface area contributed by atoms with Gasteiger partial charge in [-0.05, 0) is 44.2 Å². The van der Waals surface area contributed by atoms with Crippen molar-refractivity contribution in [3.05, 3.63) is 23.8 Å². The third-order valence-electron chi connectivity index (χ3n) is 6.08. The van der Waals surface area contributed by atoms with Gasteiger partial charge in [-0.3, -0.25) is 9.79 Å². The lowest BCUT2D eigenvalue weighted by Gasteiger charge is -2.26. The minimum atomic E-state index is 0. The van der Waals surface area contributed by atoms with Crippen molar-refractivity contribution in [2.24, 2.45) is 10.9 Å². The molecule has 0 bridgehead atoms.